The average Bonchev–Trinajstić information content (AvgIpc) is 3.40. The number of nitrogens with one attached hydrogen (secondary N) is 1. The second-order valence-corrected chi connectivity index (χ2v) is 22.5. The summed E-state index contributed by atoms with van der Waals surface area (Å²) in [5, 5.41) is 23.2. The molecule has 0 aliphatic carbocycles. The van der Waals surface area contributed by atoms with Gasteiger partial charge in [0.1, 0.15) is 0 Å². The lowest BCUT2D eigenvalue weighted by Gasteiger charge is -2.19. The lowest BCUT2D eigenvalue weighted by Crippen LogP contribution is -2.45. The molecule has 0 fully saturated rings. The predicted molar refractivity (Wildman–Crippen MR) is 331 cm³/mol. The van der Waals surface area contributed by atoms with E-state index in [1.54, 1.807) is 6.08 Å². The third-order valence-electron chi connectivity index (χ3n) is 15.1. The van der Waals surface area contributed by atoms with E-state index in [2.05, 4.69) is 79.9 Å². The van der Waals surface area contributed by atoms with Crippen molar-refractivity contribution < 1.29 is 15.0 Å². The van der Waals surface area contributed by atoms with Crippen LogP contribution in [0, 0.1) is 0 Å². The number of aliphatic hydroxyl groups excluding tert-OH is 2. The van der Waals surface area contributed by atoms with Crippen LogP contribution in [0.3, 0.4) is 0 Å². The average molecular weight is 1030 g/mol. The van der Waals surface area contributed by atoms with Crippen LogP contribution in [0.25, 0.3) is 0 Å². The van der Waals surface area contributed by atoms with Crippen molar-refractivity contribution in [3.05, 3.63) is 72.9 Å². The van der Waals surface area contributed by atoms with Crippen molar-refractivity contribution in [1.29, 1.82) is 0 Å². The molecule has 0 aliphatic rings. The molecular weight excluding hydrogens is 903 g/mol. The Kier molecular flexibility index (Phi) is 63.2. The predicted octanol–water partition coefficient (Wildman–Crippen LogP) is 22.5. The number of carbonyl (C=O) groups is 1. The van der Waals surface area contributed by atoms with Gasteiger partial charge in [0.05, 0.1) is 18.8 Å². The maximum Gasteiger partial charge on any atom is 0.220 e. The monoisotopic (exact) mass is 1030 g/mol. The van der Waals surface area contributed by atoms with Gasteiger partial charge in [0, 0.05) is 6.42 Å². The quantitative estimate of drug-likeness (QED) is 0.0420. The fourth-order valence-electron chi connectivity index (χ4n) is 10.1. The van der Waals surface area contributed by atoms with Crippen LogP contribution in [0.4, 0.5) is 0 Å². The highest BCUT2D eigenvalue weighted by Crippen LogP contribution is 2.18. The van der Waals surface area contributed by atoms with Gasteiger partial charge in [0.25, 0.3) is 0 Å². The zero-order valence-electron chi connectivity index (χ0n) is 49.9. The van der Waals surface area contributed by atoms with E-state index in [9.17, 15) is 15.0 Å². The Morgan fingerprint density at radius 3 is 0.878 bits per heavy atom. The van der Waals surface area contributed by atoms with Gasteiger partial charge in [-0.05, 0) is 83.5 Å². The Labute approximate surface area is 463 Å². The summed E-state index contributed by atoms with van der Waals surface area (Å²) in [4.78, 5) is 12.5. The van der Waals surface area contributed by atoms with Crippen molar-refractivity contribution >= 4 is 5.91 Å². The van der Waals surface area contributed by atoms with Crippen LogP contribution in [0.2, 0.25) is 0 Å². The molecule has 0 aromatic carbocycles. The summed E-state index contributed by atoms with van der Waals surface area (Å²) in [5.41, 5.74) is 0. The van der Waals surface area contributed by atoms with E-state index in [4.69, 9.17) is 0 Å². The van der Waals surface area contributed by atoms with Crippen molar-refractivity contribution in [2.24, 2.45) is 0 Å². The van der Waals surface area contributed by atoms with Crippen molar-refractivity contribution in [2.45, 2.75) is 360 Å². The first-order valence-electron chi connectivity index (χ1n) is 33.2. The maximum atomic E-state index is 12.5. The summed E-state index contributed by atoms with van der Waals surface area (Å²) in [6, 6.07) is -0.651. The number of carbonyl (C=O) groups excluding carboxylic acids is 1. The van der Waals surface area contributed by atoms with Gasteiger partial charge >= 0.3 is 0 Å². The number of allylic oxidation sites excluding steroid dienone is 11. The molecule has 4 heteroatoms. The highest BCUT2D eigenvalue weighted by atomic mass is 16.3. The maximum absolute atomic E-state index is 12.5. The molecule has 3 N–H and O–H groups in total. The third-order valence-corrected chi connectivity index (χ3v) is 15.1. The zero-order valence-corrected chi connectivity index (χ0v) is 49.9. The van der Waals surface area contributed by atoms with Crippen molar-refractivity contribution in [1.82, 2.24) is 5.32 Å². The molecule has 0 aromatic heterocycles. The van der Waals surface area contributed by atoms with E-state index in [1.165, 1.54) is 276 Å². The van der Waals surface area contributed by atoms with Gasteiger partial charge in [-0.15, -0.1) is 0 Å². The molecule has 4 nitrogen and oxygen atoms in total. The molecule has 2 atom stereocenters. The van der Waals surface area contributed by atoms with Gasteiger partial charge in [0.2, 0.25) is 5.91 Å². The standard InChI is InChI=1S/C70H129NO3/c1-3-5-7-9-11-13-15-17-19-21-23-25-27-29-31-33-34-35-36-38-39-41-43-45-47-49-51-53-55-57-59-61-63-65-69(73)68(67-72)71-70(74)66-64-62-60-58-56-54-52-50-48-46-44-42-40-37-32-30-28-26-24-22-20-18-16-14-12-10-8-6-4-2/h16,18,22,24,28,30,47,49,55,57,63,65,68-69,72-73H,3-15,17,19-21,23,25-27,29,31-46,48,50-54,56,58-62,64,66-67H2,1-2H3,(H,71,74)/b18-16-,24-22-,30-28-,49-47+,57-55+,65-63+. The Balaban J connectivity index is 3.52. The molecular formula is C70H129NO3. The summed E-state index contributed by atoms with van der Waals surface area (Å²) >= 11 is 0. The summed E-state index contributed by atoms with van der Waals surface area (Å²) in [7, 11) is 0. The Morgan fingerprint density at radius 2 is 0.568 bits per heavy atom. The first-order valence-corrected chi connectivity index (χ1v) is 33.2. The Morgan fingerprint density at radius 1 is 0.324 bits per heavy atom. The number of unbranched alkanes of at least 4 members (excludes halogenated alkanes) is 44. The largest absolute Gasteiger partial charge is 0.394 e. The molecule has 0 bridgehead atoms. The number of hydrogen-bond acceptors (Lipinski definition) is 3. The molecule has 0 saturated carbocycles. The number of rotatable bonds is 61. The number of amides is 1. The van der Waals surface area contributed by atoms with Gasteiger partial charge < -0.3 is 15.5 Å². The molecule has 0 saturated heterocycles. The summed E-state index contributed by atoms with van der Waals surface area (Å²) in [6.07, 6.45) is 94.0. The van der Waals surface area contributed by atoms with Crippen molar-refractivity contribution in [3.63, 3.8) is 0 Å². The van der Waals surface area contributed by atoms with Gasteiger partial charge in [-0.1, -0.05) is 331 Å². The first kappa shape index (κ1) is 71.8. The molecule has 0 spiro atoms. The Bertz CT molecular complexity index is 1260. The molecule has 0 radical (unpaired) electrons. The van der Waals surface area contributed by atoms with Crippen LogP contribution < -0.4 is 5.32 Å². The molecule has 0 heterocycles. The SMILES string of the molecule is CCCCCCC/C=C\C/C=C\C/C=C\CCCCCCCCCCCCCCCCC(=O)NC(CO)C(O)/C=C/CC/C=C/CC/C=C/CCCCCCCCCCCCCCCCCCCCCCCCC. The topological polar surface area (TPSA) is 69.6 Å². The lowest BCUT2D eigenvalue weighted by molar-refractivity contribution is -0.123. The van der Waals surface area contributed by atoms with Crippen molar-refractivity contribution in [2.75, 3.05) is 6.61 Å². The van der Waals surface area contributed by atoms with E-state index in [0.29, 0.717) is 6.42 Å². The van der Waals surface area contributed by atoms with Crippen LogP contribution in [-0.4, -0.2) is 34.9 Å². The third kappa shape index (κ3) is 60.7. The second kappa shape index (κ2) is 65.1. The van der Waals surface area contributed by atoms with Gasteiger partial charge in [-0.3, -0.25) is 4.79 Å². The molecule has 0 rings (SSSR count). The molecule has 0 aliphatic heterocycles. The number of hydrogen-bond donors (Lipinski definition) is 3. The summed E-state index contributed by atoms with van der Waals surface area (Å²) < 4.78 is 0. The summed E-state index contributed by atoms with van der Waals surface area (Å²) in [6.45, 7) is 4.31. The van der Waals surface area contributed by atoms with Crippen LogP contribution in [0.1, 0.15) is 348 Å². The van der Waals surface area contributed by atoms with Crippen LogP contribution in [0.15, 0.2) is 72.9 Å². The normalized spacial score (nSPS) is 13.2. The Hall–Kier alpha value is -2.17. The molecule has 0 aromatic rings. The zero-order chi connectivity index (χ0) is 53.4. The van der Waals surface area contributed by atoms with Crippen molar-refractivity contribution in [3.8, 4) is 0 Å². The fourth-order valence-corrected chi connectivity index (χ4v) is 10.1. The van der Waals surface area contributed by atoms with Gasteiger partial charge in [0.15, 0.2) is 0 Å². The number of aliphatic hydroxyl groups is 2. The molecule has 1 amide bonds. The van der Waals surface area contributed by atoms with E-state index < -0.39 is 12.1 Å². The first-order chi connectivity index (χ1) is 36.7. The minimum atomic E-state index is -0.875. The highest BCUT2D eigenvalue weighted by molar-refractivity contribution is 5.76. The van der Waals surface area contributed by atoms with E-state index in [-0.39, 0.29) is 12.5 Å². The van der Waals surface area contributed by atoms with E-state index >= 15 is 0 Å². The fraction of sp³-hybridized carbons (Fsp3) is 0.814. The van der Waals surface area contributed by atoms with Gasteiger partial charge in [-0.25, -0.2) is 0 Å². The van der Waals surface area contributed by atoms with Crippen LogP contribution in [-0.2, 0) is 4.79 Å². The summed E-state index contributed by atoms with van der Waals surface area (Å²) in [5.74, 6) is -0.0765. The molecule has 74 heavy (non-hydrogen) atoms. The smallest absolute Gasteiger partial charge is 0.220 e. The van der Waals surface area contributed by atoms with Crippen LogP contribution in [0.5, 0.6) is 0 Å². The molecule has 432 valence electrons. The molecule has 2 unspecified atom stereocenters. The lowest BCUT2D eigenvalue weighted by atomic mass is 10.0. The van der Waals surface area contributed by atoms with Crippen LogP contribution >= 0.6 is 0 Å². The second-order valence-electron chi connectivity index (χ2n) is 22.5. The van der Waals surface area contributed by atoms with Gasteiger partial charge in [-0.2, -0.15) is 0 Å². The van der Waals surface area contributed by atoms with E-state index in [1.807, 2.05) is 6.08 Å². The minimum absolute atomic E-state index is 0.0765. The minimum Gasteiger partial charge on any atom is -0.394 e. The highest BCUT2D eigenvalue weighted by Gasteiger charge is 2.18. The van der Waals surface area contributed by atoms with E-state index in [0.717, 1.165) is 51.4 Å².